The number of aliphatic hydroxyl groups excluding tert-OH is 1. The van der Waals surface area contributed by atoms with Gasteiger partial charge in [-0.05, 0) is 37.5 Å². The monoisotopic (exact) mass is 318 g/mol. The Morgan fingerprint density at radius 2 is 1.87 bits per heavy atom. The summed E-state index contributed by atoms with van der Waals surface area (Å²) >= 11 is 0. The maximum absolute atomic E-state index is 12.7. The molecular formula is C17H22N2O4. The number of ether oxygens (including phenoxy) is 2. The highest BCUT2D eigenvalue weighted by molar-refractivity contribution is 5.95. The molecule has 4 rings (SSSR count). The normalized spacial score (nSPS) is 27.4. The van der Waals surface area contributed by atoms with Crippen LogP contribution >= 0.6 is 0 Å². The molecule has 1 saturated carbocycles. The zero-order valence-electron chi connectivity index (χ0n) is 13.1. The number of carbonyl (C=O) groups is 1. The molecule has 6 nitrogen and oxygen atoms in total. The standard InChI is InChI=1S/C17H22N2O4/c20-14-3-1-2-13(14)18-6-8-19(9-7-18)17(21)12-4-5-15-16(10-12)23-11-22-15/h4-5,10,13-14,20H,1-3,6-9,11H2/t13-,14+/m1/s1. The van der Waals surface area contributed by atoms with Crippen molar-refractivity contribution in [2.75, 3.05) is 33.0 Å². The molecule has 2 atom stereocenters. The molecule has 124 valence electrons. The molecule has 1 saturated heterocycles. The van der Waals surface area contributed by atoms with Crippen LogP contribution in [0.3, 0.4) is 0 Å². The molecule has 2 fully saturated rings. The number of amides is 1. The topological polar surface area (TPSA) is 62.2 Å². The first-order chi connectivity index (χ1) is 11.2. The van der Waals surface area contributed by atoms with Gasteiger partial charge in [-0.1, -0.05) is 0 Å². The molecule has 0 aromatic heterocycles. The van der Waals surface area contributed by atoms with Gasteiger partial charge in [0, 0.05) is 37.8 Å². The Morgan fingerprint density at radius 3 is 2.61 bits per heavy atom. The van der Waals surface area contributed by atoms with Gasteiger partial charge < -0.3 is 19.5 Å². The molecule has 0 spiro atoms. The summed E-state index contributed by atoms with van der Waals surface area (Å²) in [4.78, 5) is 16.9. The minimum atomic E-state index is -0.203. The molecule has 0 bridgehead atoms. The van der Waals surface area contributed by atoms with E-state index in [1.54, 1.807) is 18.2 Å². The van der Waals surface area contributed by atoms with Crippen LogP contribution in [0.1, 0.15) is 29.6 Å². The summed E-state index contributed by atoms with van der Waals surface area (Å²) in [6.45, 7) is 3.29. The zero-order chi connectivity index (χ0) is 15.8. The third-order valence-electron chi connectivity index (χ3n) is 5.13. The van der Waals surface area contributed by atoms with Crippen molar-refractivity contribution in [2.45, 2.75) is 31.4 Å². The average Bonchev–Trinajstić information content (AvgIpc) is 3.22. The van der Waals surface area contributed by atoms with Crippen LogP contribution in [0.25, 0.3) is 0 Å². The minimum absolute atomic E-state index is 0.0370. The highest BCUT2D eigenvalue weighted by Crippen LogP contribution is 2.33. The number of benzene rings is 1. The summed E-state index contributed by atoms with van der Waals surface area (Å²) in [6, 6.07) is 5.62. The van der Waals surface area contributed by atoms with Gasteiger partial charge >= 0.3 is 0 Å². The molecule has 1 aromatic rings. The van der Waals surface area contributed by atoms with Gasteiger partial charge in [0.2, 0.25) is 6.79 Å². The van der Waals surface area contributed by atoms with Gasteiger partial charge in [-0.2, -0.15) is 0 Å². The number of nitrogens with zero attached hydrogens (tertiary/aromatic N) is 2. The van der Waals surface area contributed by atoms with Crippen LogP contribution in [0.2, 0.25) is 0 Å². The Balaban J connectivity index is 1.39. The van der Waals surface area contributed by atoms with Crippen molar-refractivity contribution in [3.05, 3.63) is 23.8 Å². The van der Waals surface area contributed by atoms with Gasteiger partial charge in [0.25, 0.3) is 5.91 Å². The van der Waals surface area contributed by atoms with Crippen LogP contribution in [0.4, 0.5) is 0 Å². The third kappa shape index (κ3) is 2.77. The van der Waals surface area contributed by atoms with Crippen LogP contribution in [0.15, 0.2) is 18.2 Å². The van der Waals surface area contributed by atoms with E-state index < -0.39 is 0 Å². The van der Waals surface area contributed by atoms with Crippen molar-refractivity contribution >= 4 is 5.91 Å². The van der Waals surface area contributed by atoms with Crippen molar-refractivity contribution in [1.82, 2.24) is 9.80 Å². The number of hydrogen-bond donors (Lipinski definition) is 1. The Hall–Kier alpha value is -1.79. The molecule has 3 aliphatic rings. The molecule has 1 aliphatic carbocycles. The van der Waals surface area contributed by atoms with Gasteiger partial charge in [0.15, 0.2) is 11.5 Å². The Kier molecular flexibility index (Phi) is 3.87. The Labute approximate surface area is 135 Å². The summed E-state index contributed by atoms with van der Waals surface area (Å²) in [5.74, 6) is 1.38. The molecule has 6 heteroatoms. The van der Waals surface area contributed by atoms with E-state index in [2.05, 4.69) is 4.90 Å². The molecule has 2 heterocycles. The van der Waals surface area contributed by atoms with E-state index in [0.717, 1.165) is 32.4 Å². The number of fused-ring (bicyclic) bond motifs is 1. The van der Waals surface area contributed by atoms with E-state index in [1.807, 2.05) is 4.90 Å². The molecule has 1 amide bonds. The minimum Gasteiger partial charge on any atom is -0.454 e. The number of piperazine rings is 1. The summed E-state index contributed by atoms with van der Waals surface area (Å²) in [7, 11) is 0. The highest BCUT2D eigenvalue weighted by Gasteiger charge is 2.33. The summed E-state index contributed by atoms with van der Waals surface area (Å²) in [6.07, 6.45) is 2.87. The smallest absolute Gasteiger partial charge is 0.254 e. The van der Waals surface area contributed by atoms with Gasteiger partial charge in [-0.3, -0.25) is 9.69 Å². The van der Waals surface area contributed by atoms with Crippen LogP contribution in [-0.2, 0) is 0 Å². The number of hydrogen-bond acceptors (Lipinski definition) is 5. The lowest BCUT2D eigenvalue weighted by Crippen LogP contribution is -2.53. The van der Waals surface area contributed by atoms with E-state index in [-0.39, 0.29) is 24.8 Å². The molecular weight excluding hydrogens is 296 g/mol. The van der Waals surface area contributed by atoms with Crippen molar-refractivity contribution in [2.24, 2.45) is 0 Å². The summed E-state index contributed by atoms with van der Waals surface area (Å²) in [5, 5.41) is 10.0. The summed E-state index contributed by atoms with van der Waals surface area (Å²) < 4.78 is 10.6. The van der Waals surface area contributed by atoms with E-state index in [4.69, 9.17) is 9.47 Å². The quantitative estimate of drug-likeness (QED) is 0.884. The molecule has 0 unspecified atom stereocenters. The molecule has 23 heavy (non-hydrogen) atoms. The highest BCUT2D eigenvalue weighted by atomic mass is 16.7. The lowest BCUT2D eigenvalue weighted by atomic mass is 10.1. The molecule has 2 aliphatic heterocycles. The second kappa shape index (κ2) is 6.02. The fourth-order valence-electron chi connectivity index (χ4n) is 3.82. The van der Waals surface area contributed by atoms with E-state index in [1.165, 1.54) is 0 Å². The van der Waals surface area contributed by atoms with E-state index >= 15 is 0 Å². The van der Waals surface area contributed by atoms with Crippen molar-refractivity contribution in [3.8, 4) is 11.5 Å². The predicted molar refractivity (Wildman–Crippen MR) is 83.7 cm³/mol. The number of carbonyl (C=O) groups excluding carboxylic acids is 1. The van der Waals surface area contributed by atoms with Crippen LogP contribution in [0, 0.1) is 0 Å². The second-order valence-corrected chi connectivity index (χ2v) is 6.46. The van der Waals surface area contributed by atoms with Crippen molar-refractivity contribution in [3.63, 3.8) is 0 Å². The van der Waals surface area contributed by atoms with Crippen molar-refractivity contribution in [1.29, 1.82) is 0 Å². The van der Waals surface area contributed by atoms with Crippen LogP contribution < -0.4 is 9.47 Å². The number of rotatable bonds is 2. The predicted octanol–water partition coefficient (Wildman–Crippen LogP) is 1.09. The van der Waals surface area contributed by atoms with Gasteiger partial charge in [-0.25, -0.2) is 0 Å². The maximum Gasteiger partial charge on any atom is 0.254 e. The van der Waals surface area contributed by atoms with Crippen molar-refractivity contribution < 1.29 is 19.4 Å². The third-order valence-corrected chi connectivity index (χ3v) is 5.13. The molecule has 1 N–H and O–H groups in total. The Morgan fingerprint density at radius 1 is 1.09 bits per heavy atom. The van der Waals surface area contributed by atoms with E-state index in [0.29, 0.717) is 30.2 Å². The fraction of sp³-hybridized carbons (Fsp3) is 0.588. The van der Waals surface area contributed by atoms with Crippen LogP contribution in [-0.4, -0.2) is 65.9 Å². The lowest BCUT2D eigenvalue weighted by molar-refractivity contribution is 0.0315. The lowest BCUT2D eigenvalue weighted by Gasteiger charge is -2.39. The second-order valence-electron chi connectivity index (χ2n) is 6.46. The first-order valence-electron chi connectivity index (χ1n) is 8.33. The van der Waals surface area contributed by atoms with Gasteiger partial charge in [0.05, 0.1) is 6.10 Å². The summed E-state index contributed by atoms with van der Waals surface area (Å²) in [5.41, 5.74) is 0.642. The number of aliphatic hydroxyl groups is 1. The van der Waals surface area contributed by atoms with Gasteiger partial charge in [0.1, 0.15) is 0 Å². The average molecular weight is 318 g/mol. The largest absolute Gasteiger partial charge is 0.454 e. The van der Waals surface area contributed by atoms with Crippen LogP contribution in [0.5, 0.6) is 11.5 Å². The SMILES string of the molecule is O=C(c1ccc2c(c1)OCO2)N1CCN([C@@H]2CCC[C@@H]2O)CC1. The maximum atomic E-state index is 12.7. The fourth-order valence-corrected chi connectivity index (χ4v) is 3.82. The first kappa shape index (κ1) is 14.8. The molecule has 0 radical (unpaired) electrons. The van der Waals surface area contributed by atoms with Gasteiger partial charge in [-0.15, -0.1) is 0 Å². The van der Waals surface area contributed by atoms with E-state index in [9.17, 15) is 9.90 Å². The zero-order valence-corrected chi connectivity index (χ0v) is 13.1. The molecule has 1 aromatic carbocycles. The Bertz CT molecular complexity index is 598. The first-order valence-corrected chi connectivity index (χ1v) is 8.33.